The van der Waals surface area contributed by atoms with E-state index in [1.54, 1.807) is 36.2 Å². The minimum Gasteiger partial charge on any atom is -0.381 e. The number of carbonyl (C=O) groups excluding carboxylic acids is 2. The van der Waals surface area contributed by atoms with Crippen LogP contribution in [-0.2, 0) is 4.74 Å². The van der Waals surface area contributed by atoms with Crippen molar-refractivity contribution in [2.45, 2.75) is 26.2 Å². The van der Waals surface area contributed by atoms with Crippen LogP contribution in [0.4, 0.5) is 0 Å². The molecule has 114 valence electrons. The van der Waals surface area contributed by atoms with E-state index in [0.717, 1.165) is 39.0 Å². The molecule has 1 aromatic carbocycles. The first-order valence-corrected chi connectivity index (χ1v) is 7.52. The average Bonchev–Trinajstić information content (AvgIpc) is 2.52. The molecule has 2 rings (SSSR count). The van der Waals surface area contributed by atoms with E-state index in [0.29, 0.717) is 17.0 Å². The zero-order valence-electron chi connectivity index (χ0n) is 12.8. The van der Waals surface area contributed by atoms with Crippen LogP contribution in [0.25, 0.3) is 0 Å². The Balaban J connectivity index is 1.97. The largest absolute Gasteiger partial charge is 0.381 e. The van der Waals surface area contributed by atoms with Crippen molar-refractivity contribution in [3.05, 3.63) is 35.4 Å². The summed E-state index contributed by atoms with van der Waals surface area (Å²) >= 11 is 0. The number of ether oxygens (including phenoxy) is 1. The maximum Gasteiger partial charge on any atom is 0.254 e. The number of amides is 1. The Kier molecular flexibility index (Phi) is 5.51. The fourth-order valence-corrected chi connectivity index (χ4v) is 2.70. The average molecular weight is 289 g/mol. The van der Waals surface area contributed by atoms with Crippen molar-refractivity contribution in [1.29, 1.82) is 0 Å². The van der Waals surface area contributed by atoms with Gasteiger partial charge in [-0.2, -0.15) is 0 Å². The van der Waals surface area contributed by atoms with Gasteiger partial charge in [0.2, 0.25) is 0 Å². The number of Topliss-reactive ketones (excluding diaryl/α,β-unsaturated/α-hetero) is 1. The molecule has 1 amide bonds. The first-order valence-electron chi connectivity index (χ1n) is 7.52. The summed E-state index contributed by atoms with van der Waals surface area (Å²) in [5.74, 6) is 0.488. The first kappa shape index (κ1) is 15.7. The van der Waals surface area contributed by atoms with Crippen molar-refractivity contribution in [3.8, 4) is 0 Å². The van der Waals surface area contributed by atoms with Gasteiger partial charge in [-0.25, -0.2) is 0 Å². The highest BCUT2D eigenvalue weighted by Crippen LogP contribution is 2.19. The Labute approximate surface area is 126 Å². The number of carbonyl (C=O) groups is 2. The molecule has 4 nitrogen and oxygen atoms in total. The molecule has 21 heavy (non-hydrogen) atoms. The van der Waals surface area contributed by atoms with Gasteiger partial charge >= 0.3 is 0 Å². The van der Waals surface area contributed by atoms with Crippen molar-refractivity contribution >= 4 is 11.7 Å². The lowest BCUT2D eigenvalue weighted by atomic mass is 9.96. The van der Waals surface area contributed by atoms with Crippen LogP contribution >= 0.6 is 0 Å². The van der Waals surface area contributed by atoms with Gasteiger partial charge in [-0.05, 0) is 38.2 Å². The second-order valence-electron chi connectivity index (χ2n) is 5.67. The quantitative estimate of drug-likeness (QED) is 0.783. The molecule has 1 saturated heterocycles. The molecule has 1 fully saturated rings. The molecule has 1 aliphatic rings. The summed E-state index contributed by atoms with van der Waals surface area (Å²) in [6.07, 6.45) is 3.14. The second-order valence-corrected chi connectivity index (χ2v) is 5.67. The monoisotopic (exact) mass is 289 g/mol. The molecule has 0 radical (unpaired) electrons. The number of benzene rings is 1. The molecule has 0 aromatic heterocycles. The predicted octanol–water partition coefficient (Wildman–Crippen LogP) is 2.78. The molecular formula is C17H23NO3. The molecule has 1 heterocycles. The van der Waals surface area contributed by atoms with E-state index >= 15 is 0 Å². The van der Waals surface area contributed by atoms with E-state index in [9.17, 15) is 9.59 Å². The molecule has 1 aromatic rings. The van der Waals surface area contributed by atoms with Crippen LogP contribution in [0.3, 0.4) is 0 Å². The summed E-state index contributed by atoms with van der Waals surface area (Å²) in [5, 5.41) is 0. The van der Waals surface area contributed by atoms with E-state index in [1.165, 1.54) is 6.92 Å². The van der Waals surface area contributed by atoms with Crippen molar-refractivity contribution in [2.75, 3.05) is 26.8 Å². The molecule has 0 atom stereocenters. The molecule has 1 aliphatic heterocycles. The molecule has 0 unspecified atom stereocenters. The van der Waals surface area contributed by atoms with Gasteiger partial charge in [0.15, 0.2) is 5.78 Å². The van der Waals surface area contributed by atoms with Gasteiger partial charge in [-0.15, -0.1) is 0 Å². The third-order valence-corrected chi connectivity index (χ3v) is 4.10. The van der Waals surface area contributed by atoms with Crippen LogP contribution in [-0.4, -0.2) is 43.4 Å². The highest BCUT2D eigenvalue weighted by molar-refractivity contribution is 6.07. The van der Waals surface area contributed by atoms with Crippen LogP contribution in [0.15, 0.2) is 24.3 Å². The van der Waals surface area contributed by atoms with Gasteiger partial charge in [0, 0.05) is 32.4 Å². The zero-order valence-corrected chi connectivity index (χ0v) is 12.8. The number of nitrogens with zero attached hydrogens (tertiary/aromatic N) is 1. The highest BCUT2D eigenvalue weighted by atomic mass is 16.5. The summed E-state index contributed by atoms with van der Waals surface area (Å²) in [6, 6.07) is 7.02. The lowest BCUT2D eigenvalue weighted by Crippen LogP contribution is -2.31. The van der Waals surface area contributed by atoms with Gasteiger partial charge in [0.1, 0.15) is 0 Å². The maximum atomic E-state index is 12.5. The SMILES string of the molecule is CC(=O)c1ccccc1C(=O)N(C)CCC1CCOCC1. The van der Waals surface area contributed by atoms with E-state index in [1.807, 2.05) is 0 Å². The van der Waals surface area contributed by atoms with Crippen molar-refractivity contribution in [2.24, 2.45) is 5.92 Å². The van der Waals surface area contributed by atoms with Gasteiger partial charge in [-0.3, -0.25) is 9.59 Å². The molecule has 0 saturated carbocycles. The topological polar surface area (TPSA) is 46.6 Å². The van der Waals surface area contributed by atoms with Crippen molar-refractivity contribution in [1.82, 2.24) is 4.90 Å². The van der Waals surface area contributed by atoms with Gasteiger partial charge in [0.25, 0.3) is 5.91 Å². The summed E-state index contributed by atoms with van der Waals surface area (Å²) < 4.78 is 5.35. The van der Waals surface area contributed by atoms with E-state index in [4.69, 9.17) is 4.74 Å². The number of hydrogen-bond donors (Lipinski definition) is 0. The van der Waals surface area contributed by atoms with Crippen molar-refractivity contribution in [3.63, 3.8) is 0 Å². The predicted molar refractivity (Wildman–Crippen MR) is 81.6 cm³/mol. The van der Waals surface area contributed by atoms with Gasteiger partial charge in [0.05, 0.1) is 5.56 Å². The van der Waals surface area contributed by atoms with Crippen LogP contribution < -0.4 is 0 Å². The van der Waals surface area contributed by atoms with Gasteiger partial charge < -0.3 is 9.64 Å². The highest BCUT2D eigenvalue weighted by Gasteiger charge is 2.19. The third kappa shape index (κ3) is 4.14. The van der Waals surface area contributed by atoms with E-state index < -0.39 is 0 Å². The molecule has 0 aliphatic carbocycles. The molecule has 0 spiro atoms. The summed E-state index contributed by atoms with van der Waals surface area (Å²) in [6.45, 7) is 3.87. The number of ketones is 1. The fourth-order valence-electron chi connectivity index (χ4n) is 2.70. The smallest absolute Gasteiger partial charge is 0.254 e. The Hall–Kier alpha value is -1.68. The van der Waals surface area contributed by atoms with E-state index in [-0.39, 0.29) is 11.7 Å². The third-order valence-electron chi connectivity index (χ3n) is 4.10. The van der Waals surface area contributed by atoms with Crippen LogP contribution in [0.5, 0.6) is 0 Å². The molecular weight excluding hydrogens is 266 g/mol. The summed E-state index contributed by atoms with van der Waals surface area (Å²) in [4.78, 5) is 25.8. The Morgan fingerprint density at radius 3 is 2.43 bits per heavy atom. The summed E-state index contributed by atoms with van der Waals surface area (Å²) in [7, 11) is 1.80. The van der Waals surface area contributed by atoms with Gasteiger partial charge in [-0.1, -0.05) is 18.2 Å². The molecule has 0 bridgehead atoms. The Morgan fingerprint density at radius 1 is 1.19 bits per heavy atom. The minimum atomic E-state index is -0.0761. The Bertz CT molecular complexity index is 507. The molecule has 4 heteroatoms. The lowest BCUT2D eigenvalue weighted by Gasteiger charge is -2.25. The molecule has 0 N–H and O–H groups in total. The number of hydrogen-bond acceptors (Lipinski definition) is 3. The Morgan fingerprint density at radius 2 is 1.81 bits per heavy atom. The van der Waals surface area contributed by atoms with Crippen LogP contribution in [0.1, 0.15) is 46.9 Å². The summed E-state index contributed by atoms with van der Waals surface area (Å²) in [5.41, 5.74) is 1.000. The van der Waals surface area contributed by atoms with Crippen LogP contribution in [0, 0.1) is 5.92 Å². The second kappa shape index (κ2) is 7.36. The normalized spacial score (nSPS) is 15.7. The standard InChI is InChI=1S/C17H23NO3/c1-13(19)15-5-3-4-6-16(15)17(20)18(2)10-7-14-8-11-21-12-9-14/h3-6,14H,7-12H2,1-2H3. The zero-order chi connectivity index (χ0) is 15.2. The lowest BCUT2D eigenvalue weighted by molar-refractivity contribution is 0.0583. The van der Waals surface area contributed by atoms with Crippen LogP contribution in [0.2, 0.25) is 0 Å². The van der Waals surface area contributed by atoms with Crippen molar-refractivity contribution < 1.29 is 14.3 Å². The number of rotatable bonds is 5. The van der Waals surface area contributed by atoms with E-state index in [2.05, 4.69) is 0 Å². The fraction of sp³-hybridized carbons (Fsp3) is 0.529. The first-order chi connectivity index (χ1) is 10.1. The maximum absolute atomic E-state index is 12.5. The minimum absolute atomic E-state index is 0.0724.